The molecule has 7 aromatic rings. The predicted molar refractivity (Wildman–Crippen MR) is 180 cm³/mol. The Labute approximate surface area is 262 Å². The molecule has 0 unspecified atom stereocenters. The Kier molecular flexibility index (Phi) is 5.36. The number of benzene rings is 4. The van der Waals surface area contributed by atoms with Crippen LogP contribution in [0.1, 0.15) is 56.4 Å². The van der Waals surface area contributed by atoms with E-state index in [1.165, 1.54) is 33.4 Å². The number of hydrogen-bond acceptors (Lipinski definition) is 5. The van der Waals surface area contributed by atoms with Gasteiger partial charge in [-0.05, 0) is 88.0 Å². The molecule has 218 valence electrons. The third kappa shape index (κ3) is 3.86. The minimum absolute atomic E-state index is 0.104. The predicted octanol–water partition coefficient (Wildman–Crippen LogP) is 9.70. The Morgan fingerprint density at radius 1 is 0.622 bits per heavy atom. The highest BCUT2D eigenvalue weighted by molar-refractivity contribution is 6.11. The lowest BCUT2D eigenvalue weighted by molar-refractivity contribution is 0.522. The van der Waals surface area contributed by atoms with Crippen LogP contribution in [0.5, 0.6) is 0 Å². The van der Waals surface area contributed by atoms with Gasteiger partial charge >= 0.3 is 0 Å². The molecule has 5 nitrogen and oxygen atoms in total. The van der Waals surface area contributed by atoms with Gasteiger partial charge in [-0.3, -0.25) is 4.98 Å². The molecule has 0 radical (unpaired) electrons. The number of nitrogens with zero attached hydrogens (tertiary/aromatic N) is 4. The number of aromatic nitrogens is 4. The fourth-order valence-electron chi connectivity index (χ4n) is 7.55. The lowest BCUT2D eigenvalue weighted by Crippen LogP contribution is -2.14. The third-order valence-electron chi connectivity index (χ3n) is 10.1. The van der Waals surface area contributed by atoms with Gasteiger partial charge in [-0.15, -0.1) is 0 Å². The Bertz CT molecular complexity index is 2330. The molecule has 4 aromatic carbocycles. The number of rotatable bonds is 3. The minimum Gasteiger partial charge on any atom is -0.455 e. The SMILES string of the molecule is CC1(C)CCc2ccc(-c3nc(-c4ccccn4)nc(-c4cccc5c4oc4cc6c(cc45)-c4ccccc4C6(C)C)n3)cc21. The van der Waals surface area contributed by atoms with Crippen molar-refractivity contribution in [3.8, 4) is 45.4 Å². The lowest BCUT2D eigenvalue weighted by atomic mass is 9.82. The zero-order valence-corrected chi connectivity index (χ0v) is 25.8. The first-order valence-electron chi connectivity index (χ1n) is 15.7. The summed E-state index contributed by atoms with van der Waals surface area (Å²) in [5.41, 5.74) is 12.2. The van der Waals surface area contributed by atoms with Crippen molar-refractivity contribution in [2.45, 2.75) is 51.4 Å². The molecule has 0 aliphatic heterocycles. The van der Waals surface area contributed by atoms with Crippen molar-refractivity contribution in [1.82, 2.24) is 19.9 Å². The quantitative estimate of drug-likeness (QED) is 0.207. The van der Waals surface area contributed by atoms with E-state index in [0.717, 1.165) is 45.9 Å². The molecule has 3 heterocycles. The zero-order chi connectivity index (χ0) is 30.5. The van der Waals surface area contributed by atoms with Gasteiger partial charge < -0.3 is 4.42 Å². The number of fused-ring (bicyclic) bond motifs is 7. The maximum absolute atomic E-state index is 6.72. The Morgan fingerprint density at radius 2 is 1.42 bits per heavy atom. The van der Waals surface area contributed by atoms with E-state index in [2.05, 4.69) is 99.4 Å². The van der Waals surface area contributed by atoms with Crippen LogP contribution in [0.4, 0.5) is 0 Å². The standard InChI is InChI=1S/C40H32N4O/c1-39(2)18-17-23-15-16-24(20-31(23)39)36-42-37(44-38(43-36)33-14-7-8-19-41-33)27-12-9-11-26-29-21-28-25-10-5-6-13-30(25)40(3,4)32(28)22-34(29)45-35(26)27/h5-16,19-22H,17-18H2,1-4H3. The fourth-order valence-corrected chi connectivity index (χ4v) is 7.55. The van der Waals surface area contributed by atoms with Gasteiger partial charge in [-0.1, -0.05) is 82.3 Å². The molecule has 0 atom stereocenters. The average Bonchev–Trinajstić information content (AvgIpc) is 3.66. The van der Waals surface area contributed by atoms with Crippen LogP contribution in [0.15, 0.2) is 102 Å². The number of hydrogen-bond donors (Lipinski definition) is 0. The highest BCUT2D eigenvalue weighted by atomic mass is 16.3. The Morgan fingerprint density at radius 3 is 2.29 bits per heavy atom. The molecular weight excluding hydrogens is 552 g/mol. The smallest absolute Gasteiger partial charge is 0.182 e. The van der Waals surface area contributed by atoms with Crippen molar-refractivity contribution in [2.24, 2.45) is 0 Å². The summed E-state index contributed by atoms with van der Waals surface area (Å²) in [5, 5.41) is 2.14. The van der Waals surface area contributed by atoms with Gasteiger partial charge in [0, 0.05) is 27.9 Å². The summed E-state index contributed by atoms with van der Waals surface area (Å²) < 4.78 is 6.72. The number of para-hydroxylation sites is 1. The van der Waals surface area contributed by atoms with Crippen molar-refractivity contribution in [3.05, 3.63) is 119 Å². The van der Waals surface area contributed by atoms with E-state index in [1.54, 1.807) is 6.20 Å². The van der Waals surface area contributed by atoms with E-state index in [1.807, 2.05) is 24.3 Å². The van der Waals surface area contributed by atoms with E-state index in [0.29, 0.717) is 23.2 Å². The fraction of sp³-hybridized carbons (Fsp3) is 0.200. The van der Waals surface area contributed by atoms with Crippen molar-refractivity contribution in [3.63, 3.8) is 0 Å². The summed E-state index contributed by atoms with van der Waals surface area (Å²) >= 11 is 0. The molecule has 0 fully saturated rings. The highest BCUT2D eigenvalue weighted by Gasteiger charge is 2.36. The lowest BCUT2D eigenvalue weighted by Gasteiger charge is -2.21. The number of pyridine rings is 1. The van der Waals surface area contributed by atoms with Crippen LogP contribution in [0, 0.1) is 0 Å². The molecule has 2 aliphatic carbocycles. The Balaban J connectivity index is 1.26. The summed E-state index contributed by atoms with van der Waals surface area (Å²) in [4.78, 5) is 19.6. The number of aryl methyl sites for hydroxylation is 1. The van der Waals surface area contributed by atoms with Crippen LogP contribution in [0.25, 0.3) is 67.4 Å². The van der Waals surface area contributed by atoms with Crippen molar-refractivity contribution >= 4 is 21.9 Å². The summed E-state index contributed by atoms with van der Waals surface area (Å²) in [6.07, 6.45) is 4.02. The minimum atomic E-state index is -0.104. The summed E-state index contributed by atoms with van der Waals surface area (Å²) in [5.74, 6) is 1.75. The summed E-state index contributed by atoms with van der Waals surface area (Å²) in [6, 6.07) is 32.0. The first kappa shape index (κ1) is 26.3. The first-order chi connectivity index (χ1) is 21.8. The van der Waals surface area contributed by atoms with Crippen molar-refractivity contribution < 1.29 is 4.42 Å². The Hall–Kier alpha value is -5.16. The van der Waals surface area contributed by atoms with E-state index in [4.69, 9.17) is 19.4 Å². The molecule has 0 saturated carbocycles. The van der Waals surface area contributed by atoms with Gasteiger partial charge in [0.1, 0.15) is 16.9 Å². The van der Waals surface area contributed by atoms with E-state index in [-0.39, 0.29) is 10.8 Å². The van der Waals surface area contributed by atoms with Crippen LogP contribution in [-0.4, -0.2) is 19.9 Å². The molecule has 0 saturated heterocycles. The average molecular weight is 585 g/mol. The van der Waals surface area contributed by atoms with Crippen LogP contribution in [0.3, 0.4) is 0 Å². The molecule has 0 spiro atoms. The van der Waals surface area contributed by atoms with Gasteiger partial charge in [0.05, 0.1) is 5.56 Å². The van der Waals surface area contributed by atoms with Gasteiger partial charge in [0.25, 0.3) is 0 Å². The van der Waals surface area contributed by atoms with E-state index >= 15 is 0 Å². The summed E-state index contributed by atoms with van der Waals surface area (Å²) in [6.45, 7) is 9.23. The second kappa shape index (κ2) is 9.18. The molecule has 3 aromatic heterocycles. The molecule has 0 bridgehead atoms. The topological polar surface area (TPSA) is 64.7 Å². The van der Waals surface area contributed by atoms with Crippen LogP contribution < -0.4 is 0 Å². The molecule has 45 heavy (non-hydrogen) atoms. The van der Waals surface area contributed by atoms with E-state index < -0.39 is 0 Å². The normalized spacial score (nSPS) is 15.7. The molecular formula is C40H32N4O. The van der Waals surface area contributed by atoms with Crippen LogP contribution in [0.2, 0.25) is 0 Å². The number of furan rings is 1. The zero-order valence-electron chi connectivity index (χ0n) is 25.8. The molecule has 0 amide bonds. The van der Waals surface area contributed by atoms with Gasteiger partial charge in [0.15, 0.2) is 17.5 Å². The van der Waals surface area contributed by atoms with Gasteiger partial charge in [-0.25, -0.2) is 15.0 Å². The van der Waals surface area contributed by atoms with Gasteiger partial charge in [0.2, 0.25) is 0 Å². The summed E-state index contributed by atoms with van der Waals surface area (Å²) in [7, 11) is 0. The molecule has 0 N–H and O–H groups in total. The maximum Gasteiger partial charge on any atom is 0.182 e. The third-order valence-corrected chi connectivity index (χ3v) is 10.1. The largest absolute Gasteiger partial charge is 0.455 e. The maximum atomic E-state index is 6.72. The first-order valence-corrected chi connectivity index (χ1v) is 15.7. The second-order valence-corrected chi connectivity index (χ2v) is 13.6. The second-order valence-electron chi connectivity index (χ2n) is 13.6. The van der Waals surface area contributed by atoms with Crippen molar-refractivity contribution in [2.75, 3.05) is 0 Å². The molecule has 9 rings (SSSR count). The van der Waals surface area contributed by atoms with Gasteiger partial charge in [-0.2, -0.15) is 0 Å². The van der Waals surface area contributed by atoms with Crippen LogP contribution in [-0.2, 0) is 17.3 Å². The molecule has 5 heteroatoms. The van der Waals surface area contributed by atoms with Crippen molar-refractivity contribution in [1.29, 1.82) is 0 Å². The van der Waals surface area contributed by atoms with Crippen LogP contribution >= 0.6 is 0 Å². The highest BCUT2D eigenvalue weighted by Crippen LogP contribution is 2.51. The monoisotopic (exact) mass is 584 g/mol. The molecule has 2 aliphatic rings. The van der Waals surface area contributed by atoms with E-state index in [9.17, 15) is 0 Å².